The van der Waals surface area contributed by atoms with Gasteiger partial charge in [-0.1, -0.05) is 0 Å². The molecule has 104 valence electrons. The lowest BCUT2D eigenvalue weighted by molar-refractivity contribution is 0.0201. The summed E-state index contributed by atoms with van der Waals surface area (Å²) < 4.78 is 5.51. The molecule has 2 bridgehead atoms. The van der Waals surface area contributed by atoms with Crippen LogP contribution in [0.1, 0.15) is 46.5 Å². The van der Waals surface area contributed by atoms with Crippen LogP contribution >= 0.6 is 0 Å². The van der Waals surface area contributed by atoms with Crippen LogP contribution in [0.25, 0.3) is 0 Å². The summed E-state index contributed by atoms with van der Waals surface area (Å²) in [5.74, 6) is 0.667. The fourth-order valence-electron chi connectivity index (χ4n) is 3.14. The molecule has 1 aliphatic carbocycles. The second-order valence-corrected chi connectivity index (χ2v) is 6.69. The average Bonchev–Trinajstić information content (AvgIpc) is 2.50. The summed E-state index contributed by atoms with van der Waals surface area (Å²) in [6, 6.07) is 0.912. The Balaban J connectivity index is 2.00. The van der Waals surface area contributed by atoms with Crippen molar-refractivity contribution in [2.24, 2.45) is 5.92 Å². The van der Waals surface area contributed by atoms with E-state index in [-0.39, 0.29) is 6.09 Å². The number of likely N-dealkylation sites (tertiary alicyclic amines) is 1. The number of nitrogens with one attached hydrogen (secondary N) is 1. The Kier molecular flexibility index (Phi) is 3.85. The topological polar surface area (TPSA) is 41.6 Å². The molecule has 18 heavy (non-hydrogen) atoms. The average molecular weight is 254 g/mol. The van der Waals surface area contributed by atoms with Crippen molar-refractivity contribution in [1.29, 1.82) is 0 Å². The second kappa shape index (κ2) is 5.08. The van der Waals surface area contributed by atoms with Gasteiger partial charge in [0.25, 0.3) is 0 Å². The molecule has 1 saturated carbocycles. The molecule has 4 heteroatoms. The molecular formula is C14H26N2O2. The number of ether oxygens (including phenoxy) is 1. The van der Waals surface area contributed by atoms with Crippen LogP contribution in [-0.2, 0) is 4.74 Å². The molecule has 2 rings (SSSR count). The van der Waals surface area contributed by atoms with Gasteiger partial charge in [0.05, 0.1) is 0 Å². The summed E-state index contributed by atoms with van der Waals surface area (Å²) in [5, 5.41) is 3.36. The maximum atomic E-state index is 12.2. The van der Waals surface area contributed by atoms with E-state index in [1.165, 1.54) is 12.8 Å². The van der Waals surface area contributed by atoms with Crippen molar-refractivity contribution in [3.63, 3.8) is 0 Å². The number of hydrogen-bond acceptors (Lipinski definition) is 3. The Morgan fingerprint density at radius 2 is 2.00 bits per heavy atom. The zero-order valence-electron chi connectivity index (χ0n) is 12.0. The molecular weight excluding hydrogens is 228 g/mol. The third-order valence-corrected chi connectivity index (χ3v) is 4.02. The molecule has 3 unspecified atom stereocenters. The summed E-state index contributed by atoms with van der Waals surface area (Å²) in [6.07, 6.45) is 4.54. The summed E-state index contributed by atoms with van der Waals surface area (Å²) in [5.41, 5.74) is -0.397. The van der Waals surface area contributed by atoms with Crippen LogP contribution in [-0.4, -0.2) is 42.3 Å². The van der Waals surface area contributed by atoms with Crippen molar-refractivity contribution in [1.82, 2.24) is 10.2 Å². The highest BCUT2D eigenvalue weighted by atomic mass is 16.6. The van der Waals surface area contributed by atoms with Gasteiger partial charge in [-0.25, -0.2) is 4.79 Å². The largest absolute Gasteiger partial charge is 0.444 e. The van der Waals surface area contributed by atoms with Gasteiger partial charge < -0.3 is 15.0 Å². The van der Waals surface area contributed by atoms with E-state index in [4.69, 9.17) is 4.74 Å². The summed E-state index contributed by atoms with van der Waals surface area (Å²) >= 11 is 0. The van der Waals surface area contributed by atoms with Gasteiger partial charge in [0.1, 0.15) is 5.60 Å². The molecule has 0 aromatic rings. The maximum absolute atomic E-state index is 12.2. The van der Waals surface area contributed by atoms with Crippen LogP contribution in [0.15, 0.2) is 0 Å². The first-order valence-corrected chi connectivity index (χ1v) is 7.06. The van der Waals surface area contributed by atoms with Gasteiger partial charge in [0, 0.05) is 18.6 Å². The van der Waals surface area contributed by atoms with Crippen molar-refractivity contribution in [3.8, 4) is 0 Å². The van der Waals surface area contributed by atoms with Crippen LogP contribution in [0.5, 0.6) is 0 Å². The Labute approximate surface area is 110 Å². The zero-order chi connectivity index (χ0) is 13.3. The summed E-state index contributed by atoms with van der Waals surface area (Å²) in [4.78, 5) is 14.2. The standard InChI is InChI=1S/C14H26N2O2/c1-14(2,3)18-13(17)16-9-10-5-6-11(15-4)8-12(16)7-10/h10-12,15H,5-9H2,1-4H3. The number of hydrogen-bond donors (Lipinski definition) is 1. The van der Waals surface area contributed by atoms with Gasteiger partial charge in [-0.2, -0.15) is 0 Å². The number of amides is 1. The number of fused-ring (bicyclic) bond motifs is 2. The maximum Gasteiger partial charge on any atom is 0.410 e. The summed E-state index contributed by atoms with van der Waals surface area (Å²) in [7, 11) is 2.02. The van der Waals surface area contributed by atoms with Gasteiger partial charge in [-0.05, 0) is 59.4 Å². The lowest BCUT2D eigenvalue weighted by atomic mass is 10.0. The van der Waals surface area contributed by atoms with E-state index in [9.17, 15) is 4.79 Å². The Bertz CT molecular complexity index is 311. The molecule has 1 saturated heterocycles. The first-order valence-electron chi connectivity index (χ1n) is 7.06. The quantitative estimate of drug-likeness (QED) is 0.781. The van der Waals surface area contributed by atoms with E-state index >= 15 is 0 Å². The van der Waals surface area contributed by atoms with Crippen molar-refractivity contribution in [3.05, 3.63) is 0 Å². The highest BCUT2D eigenvalue weighted by molar-refractivity contribution is 5.69. The fraction of sp³-hybridized carbons (Fsp3) is 0.929. The number of carbonyl (C=O) groups is 1. The minimum absolute atomic E-state index is 0.133. The highest BCUT2D eigenvalue weighted by Gasteiger charge is 2.40. The smallest absolute Gasteiger partial charge is 0.410 e. The van der Waals surface area contributed by atoms with Crippen molar-refractivity contribution in [2.45, 2.75) is 64.1 Å². The molecule has 0 aromatic carbocycles. The van der Waals surface area contributed by atoms with Crippen LogP contribution in [0, 0.1) is 5.92 Å². The molecule has 0 radical (unpaired) electrons. The minimum atomic E-state index is -0.397. The molecule has 1 amide bonds. The lowest BCUT2D eigenvalue weighted by Crippen LogP contribution is -2.43. The van der Waals surface area contributed by atoms with Gasteiger partial charge in [-0.15, -0.1) is 0 Å². The fourth-order valence-corrected chi connectivity index (χ4v) is 3.14. The SMILES string of the molecule is CNC1CCC2CC(C1)N(C(=O)OC(C)(C)C)C2. The van der Waals surface area contributed by atoms with E-state index in [1.807, 2.05) is 32.7 Å². The predicted molar refractivity (Wildman–Crippen MR) is 71.5 cm³/mol. The van der Waals surface area contributed by atoms with Gasteiger partial charge in [0.15, 0.2) is 0 Å². The monoisotopic (exact) mass is 254 g/mol. The lowest BCUT2D eigenvalue weighted by Gasteiger charge is -2.31. The third-order valence-electron chi connectivity index (χ3n) is 4.02. The molecule has 0 spiro atoms. The van der Waals surface area contributed by atoms with Gasteiger partial charge in [-0.3, -0.25) is 0 Å². The van der Waals surface area contributed by atoms with Crippen LogP contribution < -0.4 is 5.32 Å². The van der Waals surface area contributed by atoms with Gasteiger partial charge in [0.2, 0.25) is 0 Å². The van der Waals surface area contributed by atoms with Crippen molar-refractivity contribution >= 4 is 6.09 Å². The van der Waals surface area contributed by atoms with Crippen LogP contribution in [0.3, 0.4) is 0 Å². The summed E-state index contributed by atoms with van der Waals surface area (Å²) in [6.45, 7) is 6.66. The van der Waals surface area contributed by atoms with E-state index < -0.39 is 5.60 Å². The second-order valence-electron chi connectivity index (χ2n) is 6.69. The Hall–Kier alpha value is -0.770. The number of nitrogens with zero attached hydrogens (tertiary/aromatic N) is 1. The van der Waals surface area contributed by atoms with E-state index in [0.29, 0.717) is 18.0 Å². The molecule has 3 atom stereocenters. The molecule has 4 nitrogen and oxygen atoms in total. The zero-order valence-corrected chi connectivity index (χ0v) is 12.0. The first kappa shape index (κ1) is 13.7. The Morgan fingerprint density at radius 3 is 2.61 bits per heavy atom. The minimum Gasteiger partial charge on any atom is -0.444 e. The van der Waals surface area contributed by atoms with Crippen LogP contribution in [0.4, 0.5) is 4.79 Å². The van der Waals surface area contributed by atoms with E-state index in [0.717, 1.165) is 19.4 Å². The van der Waals surface area contributed by atoms with Gasteiger partial charge >= 0.3 is 6.09 Å². The number of carbonyl (C=O) groups excluding carboxylic acids is 1. The molecule has 2 fully saturated rings. The molecule has 1 heterocycles. The molecule has 1 aliphatic heterocycles. The number of rotatable bonds is 1. The van der Waals surface area contributed by atoms with Crippen molar-refractivity contribution in [2.75, 3.05) is 13.6 Å². The normalized spacial score (nSPS) is 32.2. The predicted octanol–water partition coefficient (Wildman–Crippen LogP) is 2.38. The van der Waals surface area contributed by atoms with E-state index in [2.05, 4.69) is 5.32 Å². The Morgan fingerprint density at radius 1 is 1.28 bits per heavy atom. The van der Waals surface area contributed by atoms with Crippen molar-refractivity contribution < 1.29 is 9.53 Å². The molecule has 2 aliphatic rings. The highest BCUT2D eigenvalue weighted by Crippen LogP contribution is 2.34. The first-order chi connectivity index (χ1) is 8.39. The van der Waals surface area contributed by atoms with E-state index in [1.54, 1.807) is 0 Å². The van der Waals surface area contributed by atoms with Crippen LogP contribution in [0.2, 0.25) is 0 Å². The third kappa shape index (κ3) is 3.16. The molecule has 1 N–H and O–H groups in total. The molecule has 0 aromatic heterocycles.